The lowest BCUT2D eigenvalue weighted by atomic mass is 10.2. The minimum atomic E-state index is -0.484. The van der Waals surface area contributed by atoms with Crippen molar-refractivity contribution in [2.45, 2.75) is 52.0 Å². The van der Waals surface area contributed by atoms with Crippen molar-refractivity contribution in [1.29, 1.82) is 0 Å². The molecule has 0 saturated carbocycles. The molecule has 3 heterocycles. The van der Waals surface area contributed by atoms with E-state index >= 15 is 0 Å². The van der Waals surface area contributed by atoms with Crippen LogP contribution in [-0.2, 0) is 18.3 Å². The van der Waals surface area contributed by atoms with E-state index in [-0.39, 0.29) is 18.2 Å². The van der Waals surface area contributed by atoms with Crippen molar-refractivity contribution in [3.63, 3.8) is 0 Å². The first kappa shape index (κ1) is 15.1. The maximum Gasteiger partial charge on any atom is 0.410 e. The van der Waals surface area contributed by atoms with Gasteiger partial charge in [0.2, 0.25) is 5.88 Å². The van der Waals surface area contributed by atoms with Crippen LogP contribution in [0.25, 0.3) is 0 Å². The average molecular weight is 308 g/mol. The van der Waals surface area contributed by atoms with Crippen LogP contribution in [-0.4, -0.2) is 51.6 Å². The SMILES string of the molecule is Cc1nn(C)c2c1CNC1CN(C(=O)OC(C)(C)C)C[C@@H]1O2. The molecule has 0 spiro atoms. The highest BCUT2D eigenvalue weighted by Crippen LogP contribution is 2.28. The van der Waals surface area contributed by atoms with Gasteiger partial charge < -0.3 is 19.7 Å². The molecule has 3 rings (SSSR count). The number of ether oxygens (including phenoxy) is 2. The Bertz CT molecular complexity index is 590. The third-order valence-corrected chi connectivity index (χ3v) is 4.01. The molecular formula is C15H24N4O3. The number of amides is 1. The topological polar surface area (TPSA) is 68.6 Å². The molecule has 122 valence electrons. The van der Waals surface area contributed by atoms with Gasteiger partial charge in [-0.2, -0.15) is 5.10 Å². The van der Waals surface area contributed by atoms with Crippen LogP contribution >= 0.6 is 0 Å². The van der Waals surface area contributed by atoms with Gasteiger partial charge in [0.15, 0.2) is 0 Å². The first-order valence-electron chi connectivity index (χ1n) is 7.65. The smallest absolute Gasteiger partial charge is 0.410 e. The third-order valence-electron chi connectivity index (χ3n) is 4.01. The van der Waals surface area contributed by atoms with E-state index in [9.17, 15) is 4.79 Å². The summed E-state index contributed by atoms with van der Waals surface area (Å²) in [5, 5.41) is 7.87. The second kappa shape index (κ2) is 5.15. The van der Waals surface area contributed by atoms with Crippen LogP contribution in [0.5, 0.6) is 5.88 Å². The van der Waals surface area contributed by atoms with Crippen LogP contribution in [0.1, 0.15) is 32.0 Å². The van der Waals surface area contributed by atoms with Crippen molar-refractivity contribution in [3.05, 3.63) is 11.3 Å². The Morgan fingerprint density at radius 3 is 2.82 bits per heavy atom. The molecule has 7 heteroatoms. The predicted molar refractivity (Wildman–Crippen MR) is 80.8 cm³/mol. The minimum Gasteiger partial charge on any atom is -0.471 e. The summed E-state index contributed by atoms with van der Waals surface area (Å²) < 4.78 is 13.3. The average Bonchev–Trinajstić information content (AvgIpc) is 2.83. The molecule has 2 aliphatic rings. The molecule has 2 atom stereocenters. The number of fused-ring (bicyclic) bond motifs is 2. The van der Waals surface area contributed by atoms with Crippen LogP contribution in [0.4, 0.5) is 4.79 Å². The van der Waals surface area contributed by atoms with Gasteiger partial charge in [-0.15, -0.1) is 0 Å². The number of hydrogen-bond donors (Lipinski definition) is 1. The highest BCUT2D eigenvalue weighted by atomic mass is 16.6. The molecule has 1 unspecified atom stereocenters. The van der Waals surface area contributed by atoms with Crippen molar-refractivity contribution in [2.75, 3.05) is 13.1 Å². The van der Waals surface area contributed by atoms with E-state index in [1.165, 1.54) is 0 Å². The minimum absolute atomic E-state index is 0.0800. The highest BCUT2D eigenvalue weighted by molar-refractivity contribution is 5.68. The maximum absolute atomic E-state index is 12.2. The van der Waals surface area contributed by atoms with Gasteiger partial charge in [0, 0.05) is 20.1 Å². The number of carbonyl (C=O) groups is 1. The van der Waals surface area contributed by atoms with Gasteiger partial charge in [0.05, 0.1) is 23.8 Å². The zero-order valence-electron chi connectivity index (χ0n) is 13.8. The molecule has 0 aromatic carbocycles. The molecule has 1 aromatic rings. The van der Waals surface area contributed by atoms with Gasteiger partial charge in [0.25, 0.3) is 0 Å². The Morgan fingerprint density at radius 1 is 1.41 bits per heavy atom. The van der Waals surface area contributed by atoms with E-state index in [4.69, 9.17) is 9.47 Å². The molecule has 22 heavy (non-hydrogen) atoms. The lowest BCUT2D eigenvalue weighted by Crippen LogP contribution is -2.40. The summed E-state index contributed by atoms with van der Waals surface area (Å²) in [7, 11) is 1.88. The fraction of sp³-hybridized carbons (Fsp3) is 0.733. The fourth-order valence-corrected chi connectivity index (χ4v) is 2.97. The van der Waals surface area contributed by atoms with Crippen molar-refractivity contribution in [2.24, 2.45) is 7.05 Å². The van der Waals surface area contributed by atoms with E-state index in [0.717, 1.165) is 17.1 Å². The summed E-state index contributed by atoms with van der Waals surface area (Å²) in [6.07, 6.45) is -0.365. The highest BCUT2D eigenvalue weighted by Gasteiger charge is 2.41. The first-order chi connectivity index (χ1) is 10.2. The Labute approximate surface area is 130 Å². The second-order valence-corrected chi connectivity index (χ2v) is 7.02. The van der Waals surface area contributed by atoms with Crippen molar-refractivity contribution in [3.8, 4) is 5.88 Å². The normalized spacial score (nSPS) is 24.3. The molecule has 0 radical (unpaired) electrons. The number of likely N-dealkylation sites (tertiary alicyclic amines) is 1. The number of rotatable bonds is 0. The molecule has 2 aliphatic heterocycles. The standard InChI is InChI=1S/C15H24N4O3/c1-9-10-6-16-11-7-19(14(20)22-15(2,3)4)8-12(11)21-13(10)18(5)17-9/h11-12,16H,6-8H2,1-5H3/t11?,12-/m0/s1. The maximum atomic E-state index is 12.2. The van der Waals surface area contributed by atoms with E-state index < -0.39 is 5.60 Å². The molecule has 1 aromatic heterocycles. The Morgan fingerprint density at radius 2 is 2.14 bits per heavy atom. The predicted octanol–water partition coefficient (Wildman–Crippen LogP) is 1.20. The van der Waals surface area contributed by atoms with Gasteiger partial charge in [-0.3, -0.25) is 0 Å². The molecule has 7 nitrogen and oxygen atoms in total. The van der Waals surface area contributed by atoms with E-state index in [1.54, 1.807) is 9.58 Å². The third kappa shape index (κ3) is 2.77. The Balaban J connectivity index is 1.73. The molecule has 0 bridgehead atoms. The second-order valence-electron chi connectivity index (χ2n) is 7.02. The van der Waals surface area contributed by atoms with Crippen LogP contribution in [0.3, 0.4) is 0 Å². The van der Waals surface area contributed by atoms with Gasteiger partial charge in [-0.25, -0.2) is 9.48 Å². The van der Waals surface area contributed by atoms with Crippen molar-refractivity contribution < 1.29 is 14.3 Å². The number of carbonyl (C=O) groups excluding carboxylic acids is 1. The zero-order valence-corrected chi connectivity index (χ0v) is 13.8. The number of nitrogens with one attached hydrogen (secondary N) is 1. The summed E-state index contributed by atoms with van der Waals surface area (Å²) in [5.41, 5.74) is 1.59. The fourth-order valence-electron chi connectivity index (χ4n) is 2.97. The van der Waals surface area contributed by atoms with E-state index in [0.29, 0.717) is 19.6 Å². The van der Waals surface area contributed by atoms with Gasteiger partial charge in [-0.05, 0) is 27.7 Å². The van der Waals surface area contributed by atoms with Crippen LogP contribution in [0.15, 0.2) is 0 Å². The molecule has 1 amide bonds. The lowest BCUT2D eigenvalue weighted by molar-refractivity contribution is 0.0273. The summed E-state index contributed by atoms with van der Waals surface area (Å²) in [6.45, 7) is 9.43. The van der Waals surface area contributed by atoms with Crippen molar-refractivity contribution >= 4 is 6.09 Å². The first-order valence-corrected chi connectivity index (χ1v) is 7.65. The zero-order chi connectivity index (χ0) is 16.1. The summed E-state index contributed by atoms with van der Waals surface area (Å²) in [6, 6.07) is 0.110. The summed E-state index contributed by atoms with van der Waals surface area (Å²) >= 11 is 0. The molecule has 0 aliphatic carbocycles. The van der Waals surface area contributed by atoms with E-state index in [2.05, 4.69) is 10.4 Å². The molecule has 1 fully saturated rings. The summed E-state index contributed by atoms with van der Waals surface area (Å²) in [5.74, 6) is 0.795. The van der Waals surface area contributed by atoms with Crippen LogP contribution in [0.2, 0.25) is 0 Å². The summed E-state index contributed by atoms with van der Waals surface area (Å²) in [4.78, 5) is 13.9. The van der Waals surface area contributed by atoms with Gasteiger partial charge in [-0.1, -0.05) is 0 Å². The molecule has 1 saturated heterocycles. The molecule has 1 N–H and O–H groups in total. The van der Waals surface area contributed by atoms with Crippen LogP contribution < -0.4 is 10.1 Å². The lowest BCUT2D eigenvalue weighted by Gasteiger charge is -2.24. The van der Waals surface area contributed by atoms with Crippen LogP contribution in [0, 0.1) is 6.92 Å². The Kier molecular flexibility index (Phi) is 3.55. The van der Waals surface area contributed by atoms with E-state index in [1.807, 2.05) is 34.7 Å². The quantitative estimate of drug-likeness (QED) is 0.780. The van der Waals surface area contributed by atoms with Gasteiger partial charge >= 0.3 is 6.09 Å². The molecular weight excluding hydrogens is 284 g/mol. The van der Waals surface area contributed by atoms with Crippen molar-refractivity contribution in [1.82, 2.24) is 20.0 Å². The number of nitrogens with zero attached hydrogens (tertiary/aromatic N) is 3. The number of aryl methyl sites for hydroxylation is 2. The van der Waals surface area contributed by atoms with Gasteiger partial charge in [0.1, 0.15) is 11.7 Å². The number of aromatic nitrogens is 2. The largest absolute Gasteiger partial charge is 0.471 e. The number of hydrogen-bond acceptors (Lipinski definition) is 5. The monoisotopic (exact) mass is 308 g/mol. The Hall–Kier alpha value is -1.76.